The van der Waals surface area contributed by atoms with Crippen molar-refractivity contribution in [1.29, 1.82) is 0 Å². The van der Waals surface area contributed by atoms with Crippen molar-refractivity contribution in [2.24, 2.45) is 0 Å². The van der Waals surface area contributed by atoms with E-state index in [4.69, 9.17) is 9.47 Å². The van der Waals surface area contributed by atoms with Crippen LogP contribution >= 0.6 is 0 Å². The molecule has 0 saturated heterocycles. The lowest BCUT2D eigenvalue weighted by molar-refractivity contribution is 0.331. The topological polar surface area (TPSA) is 89.6 Å². The molecule has 1 heterocycles. The highest BCUT2D eigenvalue weighted by Crippen LogP contribution is 2.17. The van der Waals surface area contributed by atoms with Crippen LogP contribution < -0.4 is 19.5 Å². The number of anilines is 1. The molecule has 0 fully saturated rings. The lowest BCUT2D eigenvalue weighted by Gasteiger charge is -2.13. The van der Waals surface area contributed by atoms with Crippen LogP contribution in [0.5, 0.6) is 11.5 Å². The Balaban J connectivity index is 1.81. The van der Waals surface area contributed by atoms with Crippen LogP contribution in [0.2, 0.25) is 0 Å². The third kappa shape index (κ3) is 6.73. The van der Waals surface area contributed by atoms with Crippen LogP contribution in [0.1, 0.15) is 26.7 Å². The summed E-state index contributed by atoms with van der Waals surface area (Å²) >= 11 is 0. The molecular formula is C19H27N3O4S. The standard InChI is InChI=1S/C19H27N3O4S/c1-4-5-15(2)22-27(23,24)18-10-11-19(21-14-18)20-12-13-26-17-8-6-16(25-3)7-9-17/h6-11,14-15,22H,4-5,12-13H2,1-3H3,(H,20,21). The van der Waals surface area contributed by atoms with Gasteiger partial charge in [0.25, 0.3) is 0 Å². The van der Waals surface area contributed by atoms with Crippen molar-refractivity contribution in [1.82, 2.24) is 9.71 Å². The molecule has 27 heavy (non-hydrogen) atoms. The van der Waals surface area contributed by atoms with Gasteiger partial charge in [-0.05, 0) is 49.7 Å². The first-order valence-corrected chi connectivity index (χ1v) is 10.4. The lowest BCUT2D eigenvalue weighted by Crippen LogP contribution is -2.32. The van der Waals surface area contributed by atoms with Crippen molar-refractivity contribution >= 4 is 15.8 Å². The number of aromatic nitrogens is 1. The summed E-state index contributed by atoms with van der Waals surface area (Å²) < 4.78 is 38.0. The molecule has 2 aromatic rings. The SMILES string of the molecule is CCCC(C)NS(=O)(=O)c1ccc(NCCOc2ccc(OC)cc2)nc1. The second-order valence-corrected chi connectivity index (χ2v) is 7.85. The Morgan fingerprint density at radius 3 is 2.41 bits per heavy atom. The highest BCUT2D eigenvalue weighted by Gasteiger charge is 2.17. The first kappa shape index (κ1) is 21.0. The molecule has 148 valence electrons. The Bertz CT molecular complexity index is 793. The van der Waals surface area contributed by atoms with Crippen LogP contribution in [0.25, 0.3) is 0 Å². The van der Waals surface area contributed by atoms with Crippen molar-refractivity contribution in [2.75, 3.05) is 25.6 Å². The molecule has 0 aliphatic carbocycles. The fraction of sp³-hybridized carbons (Fsp3) is 0.421. The Kier molecular flexibility index (Phi) is 7.87. The summed E-state index contributed by atoms with van der Waals surface area (Å²) in [7, 11) is -1.92. The zero-order chi connectivity index (χ0) is 19.7. The Hall–Kier alpha value is -2.32. The van der Waals surface area contributed by atoms with Crippen molar-refractivity contribution in [3.8, 4) is 11.5 Å². The number of pyridine rings is 1. The predicted molar refractivity (Wildman–Crippen MR) is 106 cm³/mol. The van der Waals surface area contributed by atoms with E-state index in [2.05, 4.69) is 15.0 Å². The van der Waals surface area contributed by atoms with Crippen LogP contribution in [0.4, 0.5) is 5.82 Å². The molecule has 1 aromatic carbocycles. The number of rotatable bonds is 11. The van der Waals surface area contributed by atoms with Gasteiger partial charge in [-0.15, -0.1) is 0 Å². The van der Waals surface area contributed by atoms with E-state index in [0.29, 0.717) is 19.0 Å². The fourth-order valence-electron chi connectivity index (χ4n) is 2.49. The number of ether oxygens (including phenoxy) is 2. The van der Waals surface area contributed by atoms with E-state index < -0.39 is 10.0 Å². The summed E-state index contributed by atoms with van der Waals surface area (Å²) in [5, 5.41) is 3.10. The number of methoxy groups -OCH3 is 1. The first-order valence-electron chi connectivity index (χ1n) is 8.93. The van der Waals surface area contributed by atoms with Gasteiger partial charge < -0.3 is 14.8 Å². The average Bonchev–Trinajstić information content (AvgIpc) is 2.66. The number of benzene rings is 1. The van der Waals surface area contributed by atoms with Gasteiger partial charge in [-0.1, -0.05) is 13.3 Å². The van der Waals surface area contributed by atoms with E-state index in [0.717, 1.165) is 24.3 Å². The summed E-state index contributed by atoms with van der Waals surface area (Å²) in [5.74, 6) is 2.12. The van der Waals surface area contributed by atoms with Crippen LogP contribution in [0.3, 0.4) is 0 Å². The van der Waals surface area contributed by atoms with Crippen LogP contribution in [0, 0.1) is 0 Å². The fourth-order valence-corrected chi connectivity index (χ4v) is 3.71. The molecular weight excluding hydrogens is 366 g/mol. The number of hydrogen-bond donors (Lipinski definition) is 2. The molecule has 1 atom stereocenters. The molecule has 1 aromatic heterocycles. The van der Waals surface area contributed by atoms with Gasteiger partial charge in [0, 0.05) is 12.2 Å². The van der Waals surface area contributed by atoms with Gasteiger partial charge in [0.1, 0.15) is 28.8 Å². The van der Waals surface area contributed by atoms with Gasteiger partial charge in [-0.25, -0.2) is 18.1 Å². The maximum atomic E-state index is 12.3. The van der Waals surface area contributed by atoms with Crippen molar-refractivity contribution in [3.63, 3.8) is 0 Å². The molecule has 0 spiro atoms. The molecule has 0 amide bonds. The predicted octanol–water partition coefficient (Wildman–Crippen LogP) is 3.05. The smallest absolute Gasteiger partial charge is 0.242 e. The van der Waals surface area contributed by atoms with Crippen molar-refractivity contribution in [2.45, 2.75) is 37.6 Å². The summed E-state index contributed by atoms with van der Waals surface area (Å²) in [6, 6.07) is 10.4. The number of nitrogens with one attached hydrogen (secondary N) is 2. The Morgan fingerprint density at radius 2 is 1.81 bits per heavy atom. The number of hydrogen-bond acceptors (Lipinski definition) is 6. The molecule has 0 bridgehead atoms. The summed E-state index contributed by atoms with van der Waals surface area (Å²) in [4.78, 5) is 4.32. The Morgan fingerprint density at radius 1 is 1.11 bits per heavy atom. The Labute approximate surface area is 161 Å². The first-order chi connectivity index (χ1) is 12.9. The number of sulfonamides is 1. The normalized spacial score (nSPS) is 12.4. The minimum atomic E-state index is -3.54. The van der Waals surface area contributed by atoms with E-state index in [9.17, 15) is 8.42 Å². The van der Waals surface area contributed by atoms with Crippen molar-refractivity contribution < 1.29 is 17.9 Å². The monoisotopic (exact) mass is 393 g/mol. The molecule has 0 aliphatic heterocycles. The second kappa shape index (κ2) is 10.1. The second-order valence-electron chi connectivity index (χ2n) is 6.14. The van der Waals surface area contributed by atoms with Gasteiger partial charge in [0.2, 0.25) is 10.0 Å². The zero-order valence-electron chi connectivity index (χ0n) is 15.9. The van der Waals surface area contributed by atoms with Crippen LogP contribution in [0.15, 0.2) is 47.5 Å². The van der Waals surface area contributed by atoms with E-state index in [-0.39, 0.29) is 10.9 Å². The van der Waals surface area contributed by atoms with E-state index in [1.165, 1.54) is 6.20 Å². The summed E-state index contributed by atoms with van der Waals surface area (Å²) in [5.41, 5.74) is 0. The van der Waals surface area contributed by atoms with Gasteiger partial charge >= 0.3 is 0 Å². The maximum absolute atomic E-state index is 12.3. The molecule has 1 unspecified atom stereocenters. The van der Waals surface area contributed by atoms with E-state index >= 15 is 0 Å². The van der Waals surface area contributed by atoms with Gasteiger partial charge in [0.15, 0.2) is 0 Å². The molecule has 7 nitrogen and oxygen atoms in total. The maximum Gasteiger partial charge on any atom is 0.242 e. The minimum Gasteiger partial charge on any atom is -0.497 e. The molecule has 0 aliphatic rings. The minimum absolute atomic E-state index is 0.104. The highest BCUT2D eigenvalue weighted by atomic mass is 32.2. The lowest BCUT2D eigenvalue weighted by atomic mass is 10.2. The van der Waals surface area contributed by atoms with Crippen LogP contribution in [-0.2, 0) is 10.0 Å². The van der Waals surface area contributed by atoms with Gasteiger partial charge in [-0.3, -0.25) is 0 Å². The van der Waals surface area contributed by atoms with Crippen molar-refractivity contribution in [3.05, 3.63) is 42.6 Å². The third-order valence-electron chi connectivity index (χ3n) is 3.86. The van der Waals surface area contributed by atoms with Gasteiger partial charge in [-0.2, -0.15) is 0 Å². The average molecular weight is 394 g/mol. The third-order valence-corrected chi connectivity index (χ3v) is 5.44. The summed E-state index contributed by atoms with van der Waals surface area (Å²) in [6.45, 7) is 4.86. The van der Waals surface area contributed by atoms with Gasteiger partial charge in [0.05, 0.1) is 13.7 Å². The highest BCUT2D eigenvalue weighted by molar-refractivity contribution is 7.89. The quantitative estimate of drug-likeness (QED) is 0.571. The largest absolute Gasteiger partial charge is 0.497 e. The molecule has 2 rings (SSSR count). The summed E-state index contributed by atoms with van der Waals surface area (Å²) in [6.07, 6.45) is 3.07. The van der Waals surface area contributed by atoms with E-state index in [1.807, 2.05) is 38.1 Å². The molecule has 8 heteroatoms. The number of nitrogens with zero attached hydrogens (tertiary/aromatic N) is 1. The van der Waals surface area contributed by atoms with Crippen LogP contribution in [-0.4, -0.2) is 39.7 Å². The molecule has 0 radical (unpaired) electrons. The zero-order valence-corrected chi connectivity index (χ0v) is 16.8. The molecule has 0 saturated carbocycles. The molecule has 2 N–H and O–H groups in total. The van der Waals surface area contributed by atoms with E-state index in [1.54, 1.807) is 19.2 Å².